The number of aromatic nitrogens is 1. The van der Waals surface area contributed by atoms with Gasteiger partial charge in [-0.2, -0.15) is 5.10 Å². The Morgan fingerprint density at radius 2 is 1.96 bits per heavy atom. The topological polar surface area (TPSA) is 60.8 Å². The summed E-state index contributed by atoms with van der Waals surface area (Å²) in [5.41, 5.74) is 4.70. The smallest absolute Gasteiger partial charge is 0.271 e. The van der Waals surface area contributed by atoms with Crippen LogP contribution in [0.15, 0.2) is 29.6 Å². The van der Waals surface area contributed by atoms with Gasteiger partial charge in [0.05, 0.1) is 5.71 Å². The summed E-state index contributed by atoms with van der Waals surface area (Å²) in [4.78, 5) is 21.4. The van der Waals surface area contributed by atoms with E-state index < -0.39 is 0 Å². The SMILES string of the molecule is CCC12CN3CCN(CC(C3)C1=NNC(=O)c1ccncc1)C2. The third-order valence-corrected chi connectivity index (χ3v) is 5.57. The van der Waals surface area contributed by atoms with E-state index in [1.807, 2.05) is 0 Å². The molecule has 6 heteroatoms. The van der Waals surface area contributed by atoms with Gasteiger partial charge < -0.3 is 9.80 Å². The van der Waals surface area contributed by atoms with Crippen LogP contribution in [0.1, 0.15) is 23.7 Å². The highest BCUT2D eigenvalue weighted by Crippen LogP contribution is 2.40. The summed E-state index contributed by atoms with van der Waals surface area (Å²) in [5.74, 6) is 0.288. The van der Waals surface area contributed by atoms with Crippen LogP contribution in [0.3, 0.4) is 0 Å². The number of rotatable bonds is 3. The summed E-state index contributed by atoms with van der Waals surface area (Å²) in [5, 5.41) is 4.63. The number of fused-ring (bicyclic) bond motifs is 1. The minimum absolute atomic E-state index is 0.100. The molecular formula is C17H23N5O. The lowest BCUT2D eigenvalue weighted by molar-refractivity contribution is 0.0943. The van der Waals surface area contributed by atoms with Gasteiger partial charge in [-0.1, -0.05) is 6.92 Å². The molecular weight excluding hydrogens is 290 g/mol. The molecule has 23 heavy (non-hydrogen) atoms. The van der Waals surface area contributed by atoms with Crippen LogP contribution in [0.5, 0.6) is 0 Å². The highest BCUT2D eigenvalue weighted by Gasteiger charge is 2.51. The van der Waals surface area contributed by atoms with Crippen LogP contribution in [-0.2, 0) is 0 Å². The van der Waals surface area contributed by atoms with Crippen molar-refractivity contribution >= 4 is 11.6 Å². The van der Waals surface area contributed by atoms with Gasteiger partial charge in [0.1, 0.15) is 0 Å². The molecule has 0 aromatic carbocycles. The summed E-state index contributed by atoms with van der Waals surface area (Å²) in [7, 11) is 0. The highest BCUT2D eigenvalue weighted by molar-refractivity contribution is 5.98. The number of amides is 1. The Kier molecular flexibility index (Phi) is 3.66. The summed E-state index contributed by atoms with van der Waals surface area (Å²) in [6.45, 7) is 8.85. The predicted molar refractivity (Wildman–Crippen MR) is 88.2 cm³/mol. The van der Waals surface area contributed by atoms with E-state index in [1.54, 1.807) is 24.5 Å². The van der Waals surface area contributed by atoms with E-state index in [0.717, 1.165) is 45.7 Å². The molecule has 4 saturated heterocycles. The Morgan fingerprint density at radius 3 is 2.57 bits per heavy atom. The lowest BCUT2D eigenvalue weighted by atomic mass is 9.69. The Hall–Kier alpha value is -1.79. The average Bonchev–Trinajstić information content (AvgIpc) is 2.83. The van der Waals surface area contributed by atoms with Gasteiger partial charge in [-0.3, -0.25) is 9.78 Å². The first kappa shape index (κ1) is 14.8. The number of nitrogens with zero attached hydrogens (tertiary/aromatic N) is 4. The molecule has 4 bridgehead atoms. The Balaban J connectivity index is 1.59. The van der Waals surface area contributed by atoms with Crippen molar-refractivity contribution in [1.82, 2.24) is 20.2 Å². The van der Waals surface area contributed by atoms with E-state index in [-0.39, 0.29) is 11.3 Å². The summed E-state index contributed by atoms with van der Waals surface area (Å²) >= 11 is 0. The van der Waals surface area contributed by atoms with Crippen molar-refractivity contribution in [3.63, 3.8) is 0 Å². The Bertz CT molecular complexity index is 613. The fourth-order valence-electron chi connectivity index (χ4n) is 4.40. The van der Waals surface area contributed by atoms with Crippen molar-refractivity contribution in [3.05, 3.63) is 30.1 Å². The summed E-state index contributed by atoms with van der Waals surface area (Å²) in [6, 6.07) is 3.43. The van der Waals surface area contributed by atoms with E-state index >= 15 is 0 Å². The van der Waals surface area contributed by atoms with E-state index in [4.69, 9.17) is 0 Å². The number of carbonyl (C=O) groups excluding carboxylic acids is 1. The molecule has 0 spiro atoms. The first-order chi connectivity index (χ1) is 11.2. The Labute approximate surface area is 136 Å². The van der Waals surface area contributed by atoms with Crippen LogP contribution in [0, 0.1) is 11.3 Å². The molecule has 1 N–H and O–H groups in total. The van der Waals surface area contributed by atoms with Crippen LogP contribution in [0.4, 0.5) is 0 Å². The molecule has 4 aliphatic heterocycles. The van der Waals surface area contributed by atoms with Gasteiger partial charge in [0.2, 0.25) is 0 Å². The van der Waals surface area contributed by atoms with Crippen molar-refractivity contribution in [2.24, 2.45) is 16.4 Å². The van der Waals surface area contributed by atoms with Gasteiger partial charge in [0, 0.05) is 68.6 Å². The third kappa shape index (κ3) is 2.56. The van der Waals surface area contributed by atoms with Gasteiger partial charge in [0.15, 0.2) is 0 Å². The summed E-state index contributed by atoms with van der Waals surface area (Å²) in [6.07, 6.45) is 4.33. The van der Waals surface area contributed by atoms with Gasteiger partial charge in [-0.15, -0.1) is 0 Å². The van der Waals surface area contributed by atoms with Gasteiger partial charge in [-0.05, 0) is 18.6 Å². The van der Waals surface area contributed by atoms with E-state index in [0.29, 0.717) is 11.5 Å². The predicted octanol–water partition coefficient (Wildman–Crippen LogP) is 0.825. The molecule has 122 valence electrons. The number of nitrogens with one attached hydrogen (secondary N) is 1. The molecule has 4 aliphatic rings. The average molecular weight is 313 g/mol. The normalized spacial score (nSPS) is 36.9. The van der Waals surface area contributed by atoms with Crippen LogP contribution in [0.25, 0.3) is 0 Å². The van der Waals surface area contributed by atoms with Crippen LogP contribution in [-0.4, -0.2) is 65.7 Å². The second kappa shape index (κ2) is 5.69. The summed E-state index contributed by atoms with van der Waals surface area (Å²) < 4.78 is 0. The zero-order valence-corrected chi connectivity index (χ0v) is 13.5. The van der Waals surface area contributed by atoms with Gasteiger partial charge >= 0.3 is 0 Å². The molecule has 0 saturated carbocycles. The molecule has 2 atom stereocenters. The third-order valence-electron chi connectivity index (χ3n) is 5.57. The molecule has 1 aromatic rings. The molecule has 0 aliphatic carbocycles. The maximum absolute atomic E-state index is 12.3. The maximum Gasteiger partial charge on any atom is 0.271 e. The fourth-order valence-corrected chi connectivity index (χ4v) is 4.40. The number of hydrogen-bond acceptors (Lipinski definition) is 5. The van der Waals surface area contributed by atoms with E-state index in [9.17, 15) is 4.79 Å². The molecule has 6 nitrogen and oxygen atoms in total. The van der Waals surface area contributed by atoms with Crippen molar-refractivity contribution in [3.8, 4) is 0 Å². The van der Waals surface area contributed by atoms with Gasteiger partial charge in [-0.25, -0.2) is 5.43 Å². The minimum Gasteiger partial charge on any atom is -0.300 e. The molecule has 1 aromatic heterocycles. The molecule has 5 heterocycles. The molecule has 1 amide bonds. The standard InChI is InChI=1S/C17H23N5O/c1-2-17-11-21-7-8-22(12-17)10-14(9-21)15(17)19-20-16(23)13-3-5-18-6-4-13/h3-6,14H,2,7-12H2,1H3,(H,20,23). The number of carbonyl (C=O) groups is 1. The fraction of sp³-hybridized carbons (Fsp3) is 0.588. The quantitative estimate of drug-likeness (QED) is 0.840. The second-order valence-corrected chi connectivity index (χ2v) is 6.97. The lowest BCUT2D eigenvalue weighted by Gasteiger charge is -2.50. The first-order valence-corrected chi connectivity index (χ1v) is 8.43. The van der Waals surface area contributed by atoms with Crippen molar-refractivity contribution in [1.29, 1.82) is 0 Å². The van der Waals surface area contributed by atoms with E-state index in [1.165, 1.54) is 5.71 Å². The molecule has 0 radical (unpaired) electrons. The monoisotopic (exact) mass is 313 g/mol. The zero-order chi connectivity index (χ0) is 15.9. The highest BCUT2D eigenvalue weighted by atomic mass is 16.2. The second-order valence-electron chi connectivity index (χ2n) is 6.97. The number of pyridine rings is 1. The Morgan fingerprint density at radius 1 is 1.30 bits per heavy atom. The maximum atomic E-state index is 12.3. The largest absolute Gasteiger partial charge is 0.300 e. The van der Waals surface area contributed by atoms with E-state index in [2.05, 4.69) is 32.2 Å². The zero-order valence-electron chi connectivity index (χ0n) is 13.5. The number of hydrogen-bond donors (Lipinski definition) is 1. The first-order valence-electron chi connectivity index (χ1n) is 8.43. The van der Waals surface area contributed by atoms with Gasteiger partial charge in [0.25, 0.3) is 5.91 Å². The molecule has 2 unspecified atom stereocenters. The van der Waals surface area contributed by atoms with Crippen LogP contribution >= 0.6 is 0 Å². The van der Waals surface area contributed by atoms with Crippen molar-refractivity contribution < 1.29 is 4.79 Å². The van der Waals surface area contributed by atoms with Crippen LogP contribution in [0.2, 0.25) is 0 Å². The minimum atomic E-state index is -0.154. The molecule has 4 fully saturated rings. The van der Waals surface area contributed by atoms with Crippen LogP contribution < -0.4 is 5.43 Å². The van der Waals surface area contributed by atoms with Crippen molar-refractivity contribution in [2.75, 3.05) is 39.3 Å². The lowest BCUT2D eigenvalue weighted by Crippen LogP contribution is -2.61. The number of piperidine rings is 2. The molecule has 5 rings (SSSR count). The number of hydrazone groups is 1. The van der Waals surface area contributed by atoms with Crippen molar-refractivity contribution in [2.45, 2.75) is 13.3 Å².